The van der Waals surface area contributed by atoms with E-state index >= 15 is 0 Å². The Morgan fingerprint density at radius 3 is 2.80 bits per heavy atom. The van der Waals surface area contributed by atoms with Crippen molar-refractivity contribution in [3.05, 3.63) is 18.0 Å². The van der Waals surface area contributed by atoms with Crippen LogP contribution in [0.15, 0.2) is 12.3 Å². The Hall–Kier alpha value is -0.830. The van der Waals surface area contributed by atoms with Crippen LogP contribution in [0.3, 0.4) is 0 Å². The van der Waals surface area contributed by atoms with Crippen molar-refractivity contribution in [2.45, 2.75) is 52.7 Å². The van der Waals surface area contributed by atoms with Gasteiger partial charge in [-0.2, -0.15) is 5.10 Å². The highest BCUT2D eigenvalue weighted by molar-refractivity contribution is 5.04. The van der Waals surface area contributed by atoms with Gasteiger partial charge in [-0.25, -0.2) is 0 Å². The Labute approximate surface area is 92.1 Å². The average molecular weight is 210 g/mol. The zero-order valence-electron chi connectivity index (χ0n) is 9.98. The van der Waals surface area contributed by atoms with Gasteiger partial charge in [0.15, 0.2) is 0 Å². The minimum Gasteiger partial charge on any atom is -0.387 e. The number of aromatic nitrogens is 2. The number of aliphatic hydroxyl groups is 1. The van der Waals surface area contributed by atoms with Crippen molar-refractivity contribution in [1.29, 1.82) is 0 Å². The van der Waals surface area contributed by atoms with E-state index < -0.39 is 0 Å². The number of nitrogens with zero attached hydrogens (tertiary/aromatic N) is 2. The van der Waals surface area contributed by atoms with Gasteiger partial charge >= 0.3 is 0 Å². The summed E-state index contributed by atoms with van der Waals surface area (Å²) >= 11 is 0. The molecule has 0 amide bonds. The second-order valence-corrected chi connectivity index (χ2v) is 4.22. The van der Waals surface area contributed by atoms with E-state index in [1.165, 1.54) is 12.8 Å². The molecule has 2 atom stereocenters. The molecule has 0 saturated heterocycles. The Bertz CT molecular complexity index is 283. The molecule has 0 saturated carbocycles. The topological polar surface area (TPSA) is 38.1 Å². The molecule has 1 rings (SSSR count). The summed E-state index contributed by atoms with van der Waals surface area (Å²) in [6.07, 6.45) is 4.58. The number of aliphatic hydroxyl groups excluding tert-OH is 1. The zero-order chi connectivity index (χ0) is 11.3. The van der Waals surface area contributed by atoms with E-state index in [9.17, 15) is 5.11 Å². The van der Waals surface area contributed by atoms with Gasteiger partial charge in [0, 0.05) is 12.7 Å². The van der Waals surface area contributed by atoms with E-state index in [1.54, 1.807) is 6.20 Å². The molecule has 0 aliphatic heterocycles. The van der Waals surface area contributed by atoms with E-state index in [4.69, 9.17) is 0 Å². The molecule has 86 valence electrons. The van der Waals surface area contributed by atoms with Gasteiger partial charge in [-0.3, -0.25) is 4.68 Å². The first kappa shape index (κ1) is 12.2. The molecule has 0 aliphatic rings. The predicted octanol–water partition coefficient (Wildman–Crippen LogP) is 2.76. The summed E-state index contributed by atoms with van der Waals surface area (Å²) in [5.74, 6) is 0.574. The van der Waals surface area contributed by atoms with E-state index in [0.717, 1.165) is 18.7 Å². The fourth-order valence-corrected chi connectivity index (χ4v) is 2.00. The SMILES string of the molecule is CCCC(C)CC(O)c1ccnn1CC. The lowest BCUT2D eigenvalue weighted by Crippen LogP contribution is -2.10. The van der Waals surface area contributed by atoms with Crippen LogP contribution in [0.1, 0.15) is 51.8 Å². The first-order valence-electron chi connectivity index (χ1n) is 5.88. The summed E-state index contributed by atoms with van der Waals surface area (Å²) in [5, 5.41) is 14.2. The van der Waals surface area contributed by atoms with Crippen molar-refractivity contribution in [3.8, 4) is 0 Å². The van der Waals surface area contributed by atoms with Crippen LogP contribution in [-0.4, -0.2) is 14.9 Å². The number of rotatable bonds is 6. The third-order valence-electron chi connectivity index (χ3n) is 2.80. The Kier molecular flexibility index (Phi) is 4.82. The van der Waals surface area contributed by atoms with Crippen molar-refractivity contribution in [2.75, 3.05) is 0 Å². The molecule has 0 aliphatic carbocycles. The van der Waals surface area contributed by atoms with Crippen LogP contribution in [0.25, 0.3) is 0 Å². The number of hydrogen-bond donors (Lipinski definition) is 1. The van der Waals surface area contributed by atoms with Gasteiger partial charge in [-0.1, -0.05) is 26.7 Å². The fourth-order valence-electron chi connectivity index (χ4n) is 2.00. The van der Waals surface area contributed by atoms with Crippen LogP contribution in [0.5, 0.6) is 0 Å². The standard InChI is InChI=1S/C12H22N2O/c1-4-6-10(3)9-12(15)11-7-8-13-14(11)5-2/h7-8,10,12,15H,4-6,9H2,1-3H3. The third kappa shape index (κ3) is 3.34. The van der Waals surface area contributed by atoms with Crippen molar-refractivity contribution in [2.24, 2.45) is 5.92 Å². The zero-order valence-corrected chi connectivity index (χ0v) is 9.98. The first-order chi connectivity index (χ1) is 7.19. The van der Waals surface area contributed by atoms with Crippen molar-refractivity contribution < 1.29 is 5.11 Å². The maximum Gasteiger partial charge on any atom is 0.0959 e. The van der Waals surface area contributed by atoms with Gasteiger partial charge in [0.25, 0.3) is 0 Å². The second kappa shape index (κ2) is 5.91. The molecule has 0 bridgehead atoms. The van der Waals surface area contributed by atoms with E-state index in [-0.39, 0.29) is 6.10 Å². The molecule has 1 N–H and O–H groups in total. The number of aryl methyl sites for hydroxylation is 1. The smallest absolute Gasteiger partial charge is 0.0959 e. The van der Waals surface area contributed by atoms with Crippen molar-refractivity contribution in [1.82, 2.24) is 9.78 Å². The minimum atomic E-state index is -0.367. The lowest BCUT2D eigenvalue weighted by molar-refractivity contribution is 0.135. The van der Waals surface area contributed by atoms with Crippen LogP contribution in [-0.2, 0) is 6.54 Å². The summed E-state index contributed by atoms with van der Waals surface area (Å²) in [4.78, 5) is 0. The maximum absolute atomic E-state index is 10.1. The lowest BCUT2D eigenvalue weighted by Gasteiger charge is -2.16. The molecule has 1 aromatic heterocycles. The van der Waals surface area contributed by atoms with Gasteiger partial charge in [-0.15, -0.1) is 0 Å². The molecule has 3 nitrogen and oxygen atoms in total. The van der Waals surface area contributed by atoms with E-state index in [0.29, 0.717) is 5.92 Å². The first-order valence-corrected chi connectivity index (χ1v) is 5.88. The minimum absolute atomic E-state index is 0.367. The fraction of sp³-hybridized carbons (Fsp3) is 0.750. The Morgan fingerprint density at radius 2 is 2.20 bits per heavy atom. The van der Waals surface area contributed by atoms with Gasteiger partial charge < -0.3 is 5.11 Å². The van der Waals surface area contributed by atoms with Crippen LogP contribution in [0.4, 0.5) is 0 Å². The molecular formula is C12H22N2O. The van der Waals surface area contributed by atoms with Crippen LogP contribution in [0.2, 0.25) is 0 Å². The Morgan fingerprint density at radius 1 is 1.47 bits per heavy atom. The molecule has 0 aromatic carbocycles. The summed E-state index contributed by atoms with van der Waals surface area (Å²) in [7, 11) is 0. The van der Waals surface area contributed by atoms with Gasteiger partial charge in [0.2, 0.25) is 0 Å². The summed E-state index contributed by atoms with van der Waals surface area (Å²) < 4.78 is 1.86. The second-order valence-electron chi connectivity index (χ2n) is 4.22. The normalized spacial score (nSPS) is 15.2. The quantitative estimate of drug-likeness (QED) is 0.784. The molecule has 0 fully saturated rings. The largest absolute Gasteiger partial charge is 0.387 e. The van der Waals surface area contributed by atoms with Gasteiger partial charge in [0.1, 0.15) is 0 Å². The molecule has 0 spiro atoms. The molecule has 1 aromatic rings. The highest BCUT2D eigenvalue weighted by Gasteiger charge is 2.15. The molecule has 0 radical (unpaired) electrons. The third-order valence-corrected chi connectivity index (χ3v) is 2.80. The molecular weight excluding hydrogens is 188 g/mol. The summed E-state index contributed by atoms with van der Waals surface area (Å²) in [6, 6.07) is 1.91. The van der Waals surface area contributed by atoms with E-state index in [1.807, 2.05) is 17.7 Å². The van der Waals surface area contributed by atoms with Crippen molar-refractivity contribution in [3.63, 3.8) is 0 Å². The monoisotopic (exact) mass is 210 g/mol. The van der Waals surface area contributed by atoms with Gasteiger partial charge in [-0.05, 0) is 25.3 Å². The van der Waals surface area contributed by atoms with Crippen molar-refractivity contribution >= 4 is 0 Å². The Balaban J connectivity index is 2.56. The van der Waals surface area contributed by atoms with Crippen LogP contribution < -0.4 is 0 Å². The summed E-state index contributed by atoms with van der Waals surface area (Å²) in [5.41, 5.74) is 0.945. The van der Waals surface area contributed by atoms with Crippen LogP contribution >= 0.6 is 0 Å². The average Bonchev–Trinajstić information content (AvgIpc) is 2.65. The molecule has 15 heavy (non-hydrogen) atoms. The summed E-state index contributed by atoms with van der Waals surface area (Å²) in [6.45, 7) is 7.23. The molecule has 1 heterocycles. The number of hydrogen-bond acceptors (Lipinski definition) is 2. The highest BCUT2D eigenvalue weighted by atomic mass is 16.3. The van der Waals surface area contributed by atoms with Gasteiger partial charge in [0.05, 0.1) is 11.8 Å². The van der Waals surface area contributed by atoms with Crippen LogP contribution in [0, 0.1) is 5.92 Å². The predicted molar refractivity (Wildman–Crippen MR) is 61.5 cm³/mol. The van der Waals surface area contributed by atoms with E-state index in [2.05, 4.69) is 18.9 Å². The highest BCUT2D eigenvalue weighted by Crippen LogP contribution is 2.23. The molecule has 2 unspecified atom stereocenters. The maximum atomic E-state index is 10.1. The lowest BCUT2D eigenvalue weighted by atomic mass is 9.97. The molecule has 3 heteroatoms.